The van der Waals surface area contributed by atoms with Gasteiger partial charge in [-0.3, -0.25) is 23.9 Å². The highest BCUT2D eigenvalue weighted by Crippen LogP contribution is 2.59. The van der Waals surface area contributed by atoms with E-state index < -0.39 is 98.3 Å². The highest BCUT2D eigenvalue weighted by atomic mass is 32.2. The molecule has 1 aromatic heterocycles. The molecule has 2 amide bonds. The zero-order chi connectivity index (χ0) is 44.4. The number of halogens is 2. The Morgan fingerprint density at radius 1 is 1.03 bits per heavy atom. The number of nitrogens with zero attached hydrogens (tertiary/aromatic N) is 4. The van der Waals surface area contributed by atoms with Crippen molar-refractivity contribution in [3.63, 3.8) is 0 Å². The van der Waals surface area contributed by atoms with E-state index in [1.54, 1.807) is 25.1 Å². The molecule has 4 fully saturated rings. The molecule has 61 heavy (non-hydrogen) atoms. The lowest BCUT2D eigenvalue weighted by Crippen LogP contribution is -2.50. The van der Waals surface area contributed by atoms with Gasteiger partial charge in [-0.1, -0.05) is 54.4 Å². The Hall–Kier alpha value is -4.26. The Bertz CT molecular complexity index is 2240. The second kappa shape index (κ2) is 16.5. The van der Waals surface area contributed by atoms with E-state index >= 15 is 4.79 Å². The zero-order valence-electron chi connectivity index (χ0n) is 36.2. The lowest BCUT2D eigenvalue weighted by molar-refractivity contribution is -0.158. The molecule has 0 unspecified atom stereocenters. The van der Waals surface area contributed by atoms with Crippen molar-refractivity contribution >= 4 is 44.6 Å². The van der Waals surface area contributed by atoms with Gasteiger partial charge in [0.15, 0.2) is 5.78 Å². The number of esters is 1. The fourth-order valence-corrected chi connectivity index (χ4v) is 11.4. The number of fused-ring (bicyclic) bond motifs is 5. The van der Waals surface area contributed by atoms with Gasteiger partial charge in [-0.2, -0.15) is 5.26 Å². The fourth-order valence-electron chi connectivity index (χ4n) is 10.1. The van der Waals surface area contributed by atoms with Crippen LogP contribution < -0.4 is 9.46 Å². The second-order valence-electron chi connectivity index (χ2n) is 20.1. The number of ketones is 1. The first-order valence-electron chi connectivity index (χ1n) is 21.8. The summed E-state index contributed by atoms with van der Waals surface area (Å²) in [5.41, 5.74) is -0.875. The number of nitriles is 1. The van der Waals surface area contributed by atoms with E-state index in [9.17, 15) is 36.8 Å². The number of aromatic nitrogens is 2. The van der Waals surface area contributed by atoms with Gasteiger partial charge in [0.05, 0.1) is 57.8 Å². The quantitative estimate of drug-likeness (QED) is 0.292. The lowest BCUT2D eigenvalue weighted by atomic mass is 9.77. The number of sulfonamides is 1. The lowest BCUT2D eigenvalue weighted by Gasteiger charge is -2.35. The number of aryl methyl sites for hydroxylation is 1. The van der Waals surface area contributed by atoms with Crippen molar-refractivity contribution in [1.82, 2.24) is 19.6 Å². The van der Waals surface area contributed by atoms with E-state index in [2.05, 4.69) is 19.9 Å². The van der Waals surface area contributed by atoms with Crippen molar-refractivity contribution in [2.24, 2.45) is 46.3 Å². The Labute approximate surface area is 357 Å². The number of ether oxygens (including phenoxy) is 2. The molecule has 2 bridgehead atoms. The standard InChI is InChI=1S/C45H59F2N5O8S/c1-24-17-35-28(25(24)2)11-9-8-10-12-32-40(50-33-18-27(22-48)13-14-31(33)49-32)60-36-23-52(41(55)29(43(4,5)6)19-37(54)59-35)38(26(36)3)34(53)21-45(20-30(45)39(46)47)42(56)51-61(57,58)44(7)15-16-44/h13-14,18,24-26,28-30,35-36,38-39H,8-12,15-17,19-21,23H2,1-7H3,(H,51,56)/t24-,25-,26+,28+,29+,30-,35+,36-,38-,45+/m0/s1. The summed E-state index contributed by atoms with van der Waals surface area (Å²) in [6.07, 6.45) is -0.372. The number of hydrogen-bond donors (Lipinski definition) is 1. The summed E-state index contributed by atoms with van der Waals surface area (Å²) in [6.45, 7) is 12.9. The van der Waals surface area contributed by atoms with Gasteiger partial charge in [0, 0.05) is 18.3 Å². The van der Waals surface area contributed by atoms with Gasteiger partial charge in [0.2, 0.25) is 34.1 Å². The number of amides is 2. The molecule has 2 aromatic rings. The SMILES string of the molecule is C[C@@H]1[C@@H]2CN(C(=O)[C@H](C(C)(C)C)CC(=O)O[C@@H]3C[C@H](C)[C@H](C)[C@H]3CCCCCc3nc4ccc(C#N)cc4nc3O2)[C@@H]1C(=O)C[C@]1(C(=O)NS(=O)(=O)C2(C)CC2)C[C@H]1C(F)F. The predicted molar refractivity (Wildman–Crippen MR) is 220 cm³/mol. The maximum atomic E-state index is 15.0. The third kappa shape index (κ3) is 8.74. The van der Waals surface area contributed by atoms with Crippen LogP contribution in [0.2, 0.25) is 0 Å². The van der Waals surface area contributed by atoms with Crippen LogP contribution in [0.3, 0.4) is 0 Å². The van der Waals surface area contributed by atoms with Gasteiger partial charge in [0.25, 0.3) is 0 Å². The van der Waals surface area contributed by atoms with Crippen LogP contribution in [-0.2, 0) is 40.4 Å². The number of carbonyl (C=O) groups is 4. The van der Waals surface area contributed by atoms with Gasteiger partial charge < -0.3 is 14.4 Å². The number of carbonyl (C=O) groups excluding carboxylic acids is 4. The van der Waals surface area contributed by atoms with Crippen molar-refractivity contribution < 1.29 is 45.9 Å². The second-order valence-corrected chi connectivity index (χ2v) is 22.3. The third-order valence-electron chi connectivity index (χ3n) is 14.8. The maximum absolute atomic E-state index is 15.0. The number of benzene rings is 1. The monoisotopic (exact) mass is 867 g/mol. The Kier molecular flexibility index (Phi) is 12.1. The van der Waals surface area contributed by atoms with Crippen LogP contribution in [-0.4, -0.2) is 82.8 Å². The minimum atomic E-state index is -4.21. The minimum absolute atomic E-state index is 0.140. The molecule has 2 aliphatic heterocycles. The predicted octanol–water partition coefficient (Wildman–Crippen LogP) is 6.70. The largest absolute Gasteiger partial charge is 0.471 e. The molecule has 1 saturated heterocycles. The van der Waals surface area contributed by atoms with Crippen LogP contribution in [0.1, 0.15) is 124 Å². The van der Waals surface area contributed by atoms with Crippen molar-refractivity contribution in [2.75, 3.05) is 6.54 Å². The molecule has 0 radical (unpaired) electrons. The minimum Gasteiger partial charge on any atom is -0.471 e. The van der Waals surface area contributed by atoms with E-state index in [1.165, 1.54) is 11.8 Å². The van der Waals surface area contributed by atoms with Crippen LogP contribution in [0.4, 0.5) is 8.78 Å². The normalized spacial score (nSPS) is 33.1. The van der Waals surface area contributed by atoms with Gasteiger partial charge in [-0.15, -0.1) is 0 Å². The molecule has 1 aromatic carbocycles. The van der Waals surface area contributed by atoms with E-state index in [0.29, 0.717) is 59.8 Å². The number of alkyl halides is 2. The number of nitrogens with one attached hydrogen (secondary N) is 1. The summed E-state index contributed by atoms with van der Waals surface area (Å²) >= 11 is 0. The first-order chi connectivity index (χ1) is 28.6. The molecule has 3 heterocycles. The molecule has 7 rings (SSSR count). The molecule has 332 valence electrons. The summed E-state index contributed by atoms with van der Waals surface area (Å²) in [5.74, 6) is -5.21. The molecule has 13 nitrogen and oxygen atoms in total. The summed E-state index contributed by atoms with van der Waals surface area (Å²) in [5, 5.41) is 9.62. The molecule has 3 aliphatic carbocycles. The average molecular weight is 868 g/mol. The summed E-state index contributed by atoms with van der Waals surface area (Å²) in [7, 11) is -4.21. The van der Waals surface area contributed by atoms with Crippen LogP contribution in [0.25, 0.3) is 11.0 Å². The van der Waals surface area contributed by atoms with Crippen molar-refractivity contribution in [3.05, 3.63) is 29.5 Å². The third-order valence-corrected chi connectivity index (χ3v) is 17.0. The molecular formula is C45H59F2N5O8S. The molecule has 1 N–H and O–H groups in total. The average Bonchev–Trinajstić information content (AvgIpc) is 4.07. The number of hydrogen-bond acceptors (Lipinski definition) is 11. The number of rotatable bonds is 7. The van der Waals surface area contributed by atoms with E-state index in [-0.39, 0.29) is 30.9 Å². The fraction of sp³-hybridized carbons (Fsp3) is 0.711. The Morgan fingerprint density at radius 3 is 2.39 bits per heavy atom. The van der Waals surface area contributed by atoms with Crippen LogP contribution >= 0.6 is 0 Å². The summed E-state index contributed by atoms with van der Waals surface area (Å²) in [6, 6.07) is 5.82. The van der Waals surface area contributed by atoms with E-state index in [1.807, 2.05) is 25.5 Å². The highest BCUT2D eigenvalue weighted by Gasteiger charge is 2.67. The van der Waals surface area contributed by atoms with E-state index in [4.69, 9.17) is 19.4 Å². The summed E-state index contributed by atoms with van der Waals surface area (Å²) < 4.78 is 68.8. The van der Waals surface area contributed by atoms with Gasteiger partial charge >= 0.3 is 5.97 Å². The molecule has 10 atom stereocenters. The van der Waals surface area contributed by atoms with Crippen molar-refractivity contribution in [1.29, 1.82) is 5.26 Å². The van der Waals surface area contributed by atoms with Crippen molar-refractivity contribution in [2.45, 2.75) is 149 Å². The van der Waals surface area contributed by atoms with Crippen LogP contribution in [0.15, 0.2) is 18.2 Å². The first-order valence-corrected chi connectivity index (χ1v) is 23.3. The highest BCUT2D eigenvalue weighted by molar-refractivity contribution is 7.91. The van der Waals surface area contributed by atoms with Gasteiger partial charge in [0.1, 0.15) is 17.9 Å². The molecular weight excluding hydrogens is 809 g/mol. The Morgan fingerprint density at radius 2 is 1.75 bits per heavy atom. The molecule has 0 spiro atoms. The van der Waals surface area contributed by atoms with Crippen LogP contribution in [0, 0.1) is 57.7 Å². The molecule has 3 saturated carbocycles. The maximum Gasteiger partial charge on any atom is 0.306 e. The topological polar surface area (TPSA) is 186 Å². The zero-order valence-corrected chi connectivity index (χ0v) is 37.0. The number of Topliss-reactive ketones (excluding diaryl/α,β-unsaturated/α-hetero) is 1. The Balaban J connectivity index is 1.27. The molecule has 16 heteroatoms. The smallest absolute Gasteiger partial charge is 0.306 e. The van der Waals surface area contributed by atoms with Gasteiger partial charge in [-0.05, 0) is 93.2 Å². The van der Waals surface area contributed by atoms with Gasteiger partial charge in [-0.25, -0.2) is 27.2 Å². The van der Waals surface area contributed by atoms with Crippen molar-refractivity contribution in [3.8, 4) is 11.9 Å². The van der Waals surface area contributed by atoms with Crippen LogP contribution in [0.5, 0.6) is 5.88 Å². The first kappa shape index (κ1) is 44.8. The summed E-state index contributed by atoms with van der Waals surface area (Å²) in [4.78, 5) is 68.6. The molecule has 5 aliphatic rings. The van der Waals surface area contributed by atoms with E-state index in [0.717, 1.165) is 25.7 Å².